The van der Waals surface area contributed by atoms with Crippen LogP contribution >= 0.6 is 11.3 Å². The standard InChI is InChI=1S/C27H25FN2O6S/c1-4-5-13-36-19-8-6-7-17(14-19)21-20(22(31)16-9-11-18(28)12-10-16)23(32)25(33)30(21)27-29-15(2)24(37-27)26(34)35-3/h6-12,14,21,31H,4-5,13H2,1-3H3. The van der Waals surface area contributed by atoms with Crippen molar-refractivity contribution in [2.75, 3.05) is 18.6 Å². The molecule has 8 nitrogen and oxygen atoms in total. The summed E-state index contributed by atoms with van der Waals surface area (Å²) >= 11 is 0.908. The normalized spacial score (nSPS) is 16.8. The highest BCUT2D eigenvalue weighted by Gasteiger charge is 2.48. The lowest BCUT2D eigenvalue weighted by Crippen LogP contribution is -2.29. The lowest BCUT2D eigenvalue weighted by molar-refractivity contribution is -0.132. The maximum atomic E-state index is 13.5. The molecule has 3 aromatic rings. The first-order valence-electron chi connectivity index (χ1n) is 11.6. The van der Waals surface area contributed by atoms with Crippen molar-refractivity contribution in [1.29, 1.82) is 0 Å². The van der Waals surface area contributed by atoms with E-state index in [1.165, 1.54) is 19.2 Å². The number of carbonyl (C=O) groups excluding carboxylic acids is 3. The number of esters is 1. The Morgan fingerprint density at radius 1 is 1.19 bits per heavy atom. The second-order valence-electron chi connectivity index (χ2n) is 8.35. The number of anilines is 1. The van der Waals surface area contributed by atoms with E-state index < -0.39 is 35.3 Å². The molecule has 1 saturated heterocycles. The Labute approximate surface area is 217 Å². The van der Waals surface area contributed by atoms with Crippen LogP contribution in [0.3, 0.4) is 0 Å². The van der Waals surface area contributed by atoms with Gasteiger partial charge in [0.2, 0.25) is 0 Å². The summed E-state index contributed by atoms with van der Waals surface area (Å²) in [6.45, 7) is 4.13. The molecule has 0 saturated carbocycles. The van der Waals surface area contributed by atoms with Gasteiger partial charge in [0, 0.05) is 5.56 Å². The quantitative estimate of drug-likeness (QED) is 0.142. The Bertz CT molecular complexity index is 1380. The van der Waals surface area contributed by atoms with Gasteiger partial charge in [-0.05, 0) is 55.3 Å². The highest BCUT2D eigenvalue weighted by Crippen LogP contribution is 2.44. The number of ether oxygens (including phenoxy) is 2. The third-order valence-electron chi connectivity index (χ3n) is 5.86. The van der Waals surface area contributed by atoms with Gasteiger partial charge in [0.1, 0.15) is 22.2 Å². The van der Waals surface area contributed by atoms with Gasteiger partial charge in [0.15, 0.2) is 5.13 Å². The van der Waals surface area contributed by atoms with Crippen molar-refractivity contribution in [3.05, 3.63) is 81.6 Å². The van der Waals surface area contributed by atoms with Crippen LogP contribution in [0, 0.1) is 12.7 Å². The Balaban J connectivity index is 1.89. The van der Waals surface area contributed by atoms with Crippen LogP contribution in [0.25, 0.3) is 5.76 Å². The van der Waals surface area contributed by atoms with E-state index in [2.05, 4.69) is 4.98 Å². The van der Waals surface area contributed by atoms with E-state index in [1.807, 2.05) is 6.92 Å². The van der Waals surface area contributed by atoms with Crippen LogP contribution in [-0.2, 0) is 14.3 Å². The Kier molecular flexibility index (Phi) is 7.68. The molecule has 0 spiro atoms. The number of aliphatic hydroxyl groups is 1. The van der Waals surface area contributed by atoms with E-state index in [4.69, 9.17) is 9.47 Å². The number of unbranched alkanes of at least 4 members (excludes halogenated alkanes) is 1. The van der Waals surface area contributed by atoms with Crippen LogP contribution in [0.1, 0.15) is 52.3 Å². The smallest absolute Gasteiger partial charge is 0.350 e. The largest absolute Gasteiger partial charge is 0.507 e. The number of aliphatic hydroxyl groups excluding tert-OH is 1. The number of benzene rings is 2. The molecular formula is C27H25FN2O6S. The molecule has 1 unspecified atom stereocenters. The van der Waals surface area contributed by atoms with Crippen LogP contribution in [0.15, 0.2) is 54.1 Å². The molecule has 10 heteroatoms. The van der Waals surface area contributed by atoms with Gasteiger partial charge in [0.05, 0.1) is 31.0 Å². The predicted octanol–water partition coefficient (Wildman–Crippen LogP) is 5.18. The number of thiazole rings is 1. The maximum absolute atomic E-state index is 13.5. The summed E-state index contributed by atoms with van der Waals surface area (Å²) in [5.41, 5.74) is 0.812. The fourth-order valence-electron chi connectivity index (χ4n) is 3.98. The molecule has 1 aliphatic rings. The first-order valence-corrected chi connectivity index (χ1v) is 12.4. The molecule has 1 aliphatic heterocycles. The average Bonchev–Trinajstić information content (AvgIpc) is 3.40. The number of aryl methyl sites for hydroxylation is 1. The van der Waals surface area contributed by atoms with Crippen molar-refractivity contribution < 1.29 is 33.4 Å². The van der Waals surface area contributed by atoms with E-state index in [1.54, 1.807) is 31.2 Å². The summed E-state index contributed by atoms with van der Waals surface area (Å²) in [6.07, 6.45) is 1.80. The number of ketones is 1. The minimum absolute atomic E-state index is 0.0976. The monoisotopic (exact) mass is 524 g/mol. The number of hydrogen-bond donors (Lipinski definition) is 1. The zero-order valence-electron chi connectivity index (χ0n) is 20.5. The number of aromatic nitrogens is 1. The molecule has 1 N–H and O–H groups in total. The Morgan fingerprint density at radius 2 is 1.92 bits per heavy atom. The van der Waals surface area contributed by atoms with Gasteiger partial charge in [-0.2, -0.15) is 0 Å². The lowest BCUT2D eigenvalue weighted by atomic mass is 9.95. The fraction of sp³-hybridized carbons (Fsp3) is 0.259. The number of methoxy groups -OCH3 is 1. The molecule has 2 heterocycles. The van der Waals surface area contributed by atoms with E-state index in [9.17, 15) is 23.9 Å². The highest BCUT2D eigenvalue weighted by molar-refractivity contribution is 7.17. The van der Waals surface area contributed by atoms with Crippen molar-refractivity contribution in [2.45, 2.75) is 32.7 Å². The number of halogens is 1. The van der Waals surface area contributed by atoms with E-state index in [0.29, 0.717) is 23.6 Å². The van der Waals surface area contributed by atoms with Gasteiger partial charge in [0.25, 0.3) is 5.78 Å². The minimum Gasteiger partial charge on any atom is -0.507 e. The molecule has 0 radical (unpaired) electrons. The van der Waals surface area contributed by atoms with Gasteiger partial charge < -0.3 is 14.6 Å². The molecule has 0 aliphatic carbocycles. The van der Waals surface area contributed by atoms with Crippen LogP contribution < -0.4 is 9.64 Å². The number of rotatable bonds is 8. The summed E-state index contributed by atoms with van der Waals surface area (Å²) < 4.78 is 24.1. The second-order valence-corrected chi connectivity index (χ2v) is 9.33. The van der Waals surface area contributed by atoms with Crippen LogP contribution in [-0.4, -0.2) is 41.5 Å². The van der Waals surface area contributed by atoms with Crippen LogP contribution in [0.2, 0.25) is 0 Å². The topological polar surface area (TPSA) is 106 Å². The summed E-state index contributed by atoms with van der Waals surface area (Å²) in [5.74, 6) is -2.91. The van der Waals surface area contributed by atoms with Crippen molar-refractivity contribution in [1.82, 2.24) is 4.98 Å². The van der Waals surface area contributed by atoms with Gasteiger partial charge in [-0.3, -0.25) is 14.5 Å². The molecule has 2 aromatic carbocycles. The number of carbonyl (C=O) groups is 3. The summed E-state index contributed by atoms with van der Waals surface area (Å²) in [5, 5.41) is 11.3. The highest BCUT2D eigenvalue weighted by atomic mass is 32.1. The molecule has 192 valence electrons. The fourth-order valence-corrected chi connectivity index (χ4v) is 5.00. The first kappa shape index (κ1) is 26.0. The third-order valence-corrected chi connectivity index (χ3v) is 7.00. The van der Waals surface area contributed by atoms with Crippen molar-refractivity contribution >= 4 is 39.9 Å². The lowest BCUT2D eigenvalue weighted by Gasteiger charge is -2.23. The average molecular weight is 525 g/mol. The van der Waals surface area contributed by atoms with Crippen LogP contribution in [0.5, 0.6) is 5.75 Å². The molecule has 1 amide bonds. The Hall–Kier alpha value is -4.05. The summed E-state index contributed by atoms with van der Waals surface area (Å²) in [6, 6.07) is 10.7. The molecular weight excluding hydrogens is 499 g/mol. The first-order chi connectivity index (χ1) is 17.8. The number of Topliss-reactive ketones (excluding diaryl/α,β-unsaturated/α-hetero) is 1. The number of hydrogen-bond acceptors (Lipinski definition) is 8. The van der Waals surface area contributed by atoms with Crippen molar-refractivity contribution in [2.24, 2.45) is 0 Å². The van der Waals surface area contributed by atoms with Gasteiger partial charge in [-0.1, -0.05) is 36.8 Å². The molecule has 0 bridgehead atoms. The van der Waals surface area contributed by atoms with Gasteiger partial charge in [-0.15, -0.1) is 0 Å². The van der Waals surface area contributed by atoms with E-state index in [-0.39, 0.29) is 21.1 Å². The van der Waals surface area contributed by atoms with E-state index >= 15 is 0 Å². The summed E-state index contributed by atoms with van der Waals surface area (Å²) in [7, 11) is 1.24. The van der Waals surface area contributed by atoms with E-state index in [0.717, 1.165) is 41.2 Å². The molecule has 37 heavy (non-hydrogen) atoms. The molecule has 4 rings (SSSR count). The van der Waals surface area contributed by atoms with Crippen LogP contribution in [0.4, 0.5) is 9.52 Å². The molecule has 1 fully saturated rings. The SMILES string of the molecule is CCCCOc1cccc(C2C(=C(O)c3ccc(F)cc3)C(=O)C(=O)N2c2nc(C)c(C(=O)OC)s2)c1. The molecule has 1 aromatic heterocycles. The third kappa shape index (κ3) is 5.10. The zero-order chi connectivity index (χ0) is 26.7. The number of nitrogens with zero attached hydrogens (tertiary/aromatic N) is 2. The molecule has 1 atom stereocenters. The predicted molar refractivity (Wildman–Crippen MR) is 136 cm³/mol. The Morgan fingerprint density at radius 3 is 2.59 bits per heavy atom. The van der Waals surface area contributed by atoms with Gasteiger partial charge >= 0.3 is 11.9 Å². The van der Waals surface area contributed by atoms with Crippen molar-refractivity contribution in [3.8, 4) is 5.75 Å². The summed E-state index contributed by atoms with van der Waals surface area (Å²) in [4.78, 5) is 44.6. The second kappa shape index (κ2) is 10.9. The zero-order valence-corrected chi connectivity index (χ0v) is 21.3. The number of amides is 1. The maximum Gasteiger partial charge on any atom is 0.350 e. The van der Waals surface area contributed by atoms with Gasteiger partial charge in [-0.25, -0.2) is 14.2 Å². The van der Waals surface area contributed by atoms with Crippen molar-refractivity contribution in [3.63, 3.8) is 0 Å². The minimum atomic E-state index is -1.07.